The van der Waals surface area contributed by atoms with Crippen molar-refractivity contribution in [2.75, 3.05) is 144 Å². The summed E-state index contributed by atoms with van der Waals surface area (Å²) in [5, 5.41) is 15.3. The molecule has 21 rings (SSSR count). The van der Waals surface area contributed by atoms with Crippen LogP contribution in [-0.2, 0) is 19.5 Å². The Balaban J connectivity index is 0.00000830. The first-order valence-electron chi connectivity index (χ1n) is 41.6. The topological polar surface area (TPSA) is 131 Å². The number of halogens is 8. The van der Waals surface area contributed by atoms with Crippen LogP contribution in [0.25, 0.3) is 133 Å². The van der Waals surface area contributed by atoms with Crippen molar-refractivity contribution in [2.45, 2.75) is 154 Å². The number of anilines is 8. The number of nitrogens with zero attached hydrogens (tertiary/aromatic N) is 16. The van der Waals surface area contributed by atoms with Crippen LogP contribution in [0.2, 0.25) is 40.2 Å². The summed E-state index contributed by atoms with van der Waals surface area (Å²) >= 11 is 59.7. The molecule has 16 nitrogen and oxygen atoms in total. The molecule has 578 valence electrons. The number of piperidine rings is 8. The Morgan fingerprint density at radius 1 is 0.195 bits per heavy atom. The number of hydrogen-bond donors (Lipinski definition) is 0. The van der Waals surface area contributed by atoms with Crippen molar-refractivity contribution in [3.05, 3.63) is 88.7 Å². The van der Waals surface area contributed by atoms with Gasteiger partial charge in [-0.1, -0.05) is 92.8 Å². The van der Waals surface area contributed by atoms with Gasteiger partial charge in [0.15, 0.2) is 0 Å². The van der Waals surface area contributed by atoms with E-state index in [2.05, 4.69) is 87.7 Å². The Morgan fingerprint density at radius 2 is 0.336 bits per heavy atom. The largest absolute Gasteiger partial charge is 2.00 e. The van der Waals surface area contributed by atoms with Crippen LogP contribution < -0.4 is 49.2 Å². The van der Waals surface area contributed by atoms with Gasteiger partial charge in [-0.2, -0.15) is 0 Å². The van der Waals surface area contributed by atoms with Crippen LogP contribution in [0.15, 0.2) is 48.5 Å². The molecule has 8 bridgehead atoms. The van der Waals surface area contributed by atoms with Gasteiger partial charge in [0, 0.05) is 214 Å². The molecule has 8 saturated heterocycles. The van der Waals surface area contributed by atoms with Crippen LogP contribution in [0.3, 0.4) is 0 Å². The van der Waals surface area contributed by atoms with Crippen molar-refractivity contribution in [3.8, 4) is 45.6 Å². The minimum atomic E-state index is 0. The number of aromatic nitrogens is 8. The van der Waals surface area contributed by atoms with Gasteiger partial charge in [-0.3, -0.25) is 0 Å². The van der Waals surface area contributed by atoms with E-state index in [-0.39, 0.29) is 19.5 Å². The Labute approximate surface area is 711 Å². The van der Waals surface area contributed by atoms with E-state index in [0.717, 1.165) is 391 Å². The molecule has 8 aromatic carbocycles. The standard InChI is InChI=1S/C88H88Cl8N16.Zn/c89-57-41-49-50(42-58(57)90)74(106-27-11-2-12-28-106)66-65(73(49)105-25-9-1-10-26-105)81-97-82(66)102-84-69-70(78(110-35-19-6-20-36-110)54-46-62(94)61(93)45-53(54)77(69)109-33-17-5-18-34-109)86(99-84)104-88-72-71(79(111-37-21-7-22-38-111)55-47-63(95)64(96)48-56(55)80(72)112-39-23-8-24-40-112)87(100-88)103-85-68-67(83(98-85)101-81)75(107-29-13-3-14-30-107)51-43-59(91)60(92)44-52(51)76(68)108-31-15-4-16-32-108;/h41-48H,1-40H2;/q-2;+2. The minimum Gasteiger partial charge on any atom is -0.371 e. The van der Waals surface area contributed by atoms with Crippen LogP contribution in [0.1, 0.15) is 154 Å². The molecule has 10 aliphatic heterocycles. The monoisotopic (exact) mass is 1710 g/mol. The SMILES string of the molecule is Clc1cc2c(N3CCCCC3)c3c(c(N4CCCCC4)c2cc1Cl)-c1nc-3nc2[n-]c(nc3nc(nc4[n-]c(n1)c1c(N5CCCCC5)c5cc(Cl)c(Cl)cc5c(N5CCCCC5)c41)-c1c-3c(N3CCCCC3)c3cc(Cl)c(Cl)cc3c1N1CCCCC1)c1c(N3CCCCC3)c3cc(Cl)c(Cl)cc3c(N3CCCCC3)c21.[Zn+2]. The first-order valence-corrected chi connectivity index (χ1v) is 44.6. The van der Waals surface area contributed by atoms with Crippen molar-refractivity contribution in [3.63, 3.8) is 0 Å². The fourth-order valence-electron chi connectivity index (χ4n) is 21.0. The molecular formula is C88H88Cl8N16Zn. The van der Waals surface area contributed by atoms with E-state index in [9.17, 15) is 0 Å². The molecule has 0 radical (unpaired) electrons. The minimum absolute atomic E-state index is 0. The third kappa shape index (κ3) is 12.8. The average molecular weight is 1720 g/mol. The zero-order valence-electron chi connectivity index (χ0n) is 63.8. The van der Waals surface area contributed by atoms with Crippen LogP contribution >= 0.6 is 92.8 Å². The molecule has 11 aromatic rings. The first kappa shape index (κ1) is 75.3. The summed E-state index contributed by atoms with van der Waals surface area (Å²) < 4.78 is 0. The van der Waals surface area contributed by atoms with Gasteiger partial charge in [-0.25, -0.2) is 9.97 Å². The number of rotatable bonds is 8. The summed E-state index contributed by atoms with van der Waals surface area (Å²) in [5.74, 6) is 1.98. The zero-order valence-corrected chi connectivity index (χ0v) is 72.8. The van der Waals surface area contributed by atoms with E-state index in [1.54, 1.807) is 0 Å². The molecule has 0 amide bonds. The third-order valence-corrected chi connectivity index (χ3v) is 28.9. The predicted molar refractivity (Wildman–Crippen MR) is 473 cm³/mol. The maximum atomic E-state index is 7.46. The van der Waals surface area contributed by atoms with Crippen LogP contribution in [0.5, 0.6) is 0 Å². The first-order chi connectivity index (χ1) is 54.9. The van der Waals surface area contributed by atoms with Crippen molar-refractivity contribution in [1.29, 1.82) is 0 Å². The van der Waals surface area contributed by atoms with Gasteiger partial charge < -0.3 is 69.1 Å². The molecular weight excluding hydrogens is 1630 g/mol. The van der Waals surface area contributed by atoms with E-state index in [1.807, 2.05) is 0 Å². The summed E-state index contributed by atoms with van der Waals surface area (Å²) in [6.45, 7) is 13.0. The van der Waals surface area contributed by atoms with Crippen LogP contribution in [0.4, 0.5) is 45.5 Å². The summed E-state index contributed by atoms with van der Waals surface area (Å²) in [4.78, 5) is 70.2. The predicted octanol–water partition coefficient (Wildman–Crippen LogP) is 23.9. The fourth-order valence-corrected chi connectivity index (χ4v) is 22.3. The molecule has 10 aliphatic rings. The summed E-state index contributed by atoms with van der Waals surface area (Å²) in [6, 6.07) is 16.8. The Bertz CT molecular complexity index is 5200. The fraction of sp³-hybridized carbons (Fsp3) is 0.455. The summed E-state index contributed by atoms with van der Waals surface area (Å²) in [7, 11) is 0. The Morgan fingerprint density at radius 3 is 0.496 bits per heavy atom. The maximum Gasteiger partial charge on any atom is 2.00 e. The average Bonchev–Trinajstić information content (AvgIpc) is 1.58. The Hall–Kier alpha value is -6.50. The third-order valence-electron chi connectivity index (χ3n) is 26.0. The van der Waals surface area contributed by atoms with E-state index in [0.29, 0.717) is 86.1 Å². The summed E-state index contributed by atoms with van der Waals surface area (Å²) in [5.41, 5.74) is 13.5. The Kier molecular flexibility index (Phi) is 20.5. The molecule has 113 heavy (non-hydrogen) atoms. The van der Waals surface area contributed by atoms with Crippen molar-refractivity contribution in [2.24, 2.45) is 0 Å². The second-order valence-corrected chi connectivity index (χ2v) is 36.2. The van der Waals surface area contributed by atoms with Gasteiger partial charge in [0.1, 0.15) is 0 Å². The van der Waals surface area contributed by atoms with Crippen molar-refractivity contribution < 1.29 is 19.5 Å². The van der Waals surface area contributed by atoms with Gasteiger partial charge >= 0.3 is 19.5 Å². The van der Waals surface area contributed by atoms with E-state index in [1.165, 1.54) is 0 Å². The second kappa shape index (κ2) is 30.8. The molecule has 0 atom stereocenters. The van der Waals surface area contributed by atoms with Gasteiger partial charge in [0.05, 0.1) is 109 Å². The van der Waals surface area contributed by atoms with Crippen molar-refractivity contribution >= 4 is 226 Å². The molecule has 3 aromatic heterocycles. The quantitative estimate of drug-likeness (QED) is 0.134. The zero-order chi connectivity index (χ0) is 75.3. The number of hydrogen-bond acceptors (Lipinski definition) is 14. The molecule has 0 spiro atoms. The van der Waals surface area contributed by atoms with E-state index >= 15 is 0 Å². The molecule has 0 unspecified atom stereocenters. The van der Waals surface area contributed by atoms with Crippen LogP contribution in [0, 0.1) is 0 Å². The van der Waals surface area contributed by atoms with E-state index in [4.69, 9.17) is 133 Å². The second-order valence-electron chi connectivity index (χ2n) is 32.9. The number of fused-ring (bicyclic) bond motifs is 24. The molecule has 0 N–H and O–H groups in total. The van der Waals surface area contributed by atoms with Crippen molar-refractivity contribution in [1.82, 2.24) is 39.9 Å². The number of benzene rings is 8. The van der Waals surface area contributed by atoms with Gasteiger partial charge in [-0.15, -0.1) is 0 Å². The molecule has 25 heteroatoms. The summed E-state index contributed by atoms with van der Waals surface area (Å²) in [6.07, 6.45) is 25.0. The van der Waals surface area contributed by atoms with E-state index < -0.39 is 0 Å². The molecule has 13 heterocycles. The maximum absolute atomic E-state index is 7.46. The normalized spacial score (nSPS) is 18.8. The molecule has 8 fully saturated rings. The smallest absolute Gasteiger partial charge is 0.371 e. The van der Waals surface area contributed by atoms with Gasteiger partial charge in [0.2, 0.25) is 0 Å². The van der Waals surface area contributed by atoms with Gasteiger partial charge in [-0.05, 0) is 203 Å². The molecule has 0 saturated carbocycles. The van der Waals surface area contributed by atoms with Crippen LogP contribution in [-0.4, -0.2) is 135 Å². The van der Waals surface area contributed by atoms with Gasteiger partial charge in [0.25, 0.3) is 0 Å². The molecule has 0 aliphatic carbocycles.